The predicted molar refractivity (Wildman–Crippen MR) is 93.4 cm³/mol. The van der Waals surface area contributed by atoms with E-state index in [1.54, 1.807) is 6.21 Å². The van der Waals surface area contributed by atoms with Crippen LogP contribution < -0.4 is 10.2 Å². The number of rotatable bonds is 6. The summed E-state index contributed by atoms with van der Waals surface area (Å²) in [7, 11) is 0. The molecule has 4 heteroatoms. The molecule has 0 spiro atoms. The third kappa shape index (κ3) is 5.79. The maximum atomic E-state index is 11.7. The molecule has 0 fully saturated rings. The molecule has 0 saturated carbocycles. The Bertz CT molecular complexity index is 706. The van der Waals surface area contributed by atoms with E-state index in [4.69, 9.17) is 4.74 Å². The largest absolute Gasteiger partial charge is 0.483 e. The zero-order valence-corrected chi connectivity index (χ0v) is 13.3. The number of hydrazone groups is 1. The summed E-state index contributed by atoms with van der Waals surface area (Å²) in [5.41, 5.74) is 5.47. The van der Waals surface area contributed by atoms with Crippen molar-refractivity contribution in [3.05, 3.63) is 71.3 Å². The van der Waals surface area contributed by atoms with Crippen molar-refractivity contribution in [2.45, 2.75) is 13.8 Å². The monoisotopic (exact) mass is 308 g/mol. The molecule has 0 aliphatic carbocycles. The lowest BCUT2D eigenvalue weighted by Crippen LogP contribution is -2.24. The number of hydrogen-bond donors (Lipinski definition) is 1. The Kier molecular flexibility index (Phi) is 6.12. The minimum Gasteiger partial charge on any atom is -0.483 e. The summed E-state index contributed by atoms with van der Waals surface area (Å²) in [6.07, 6.45) is 3.60. The Hall–Kier alpha value is -2.88. The van der Waals surface area contributed by atoms with Crippen molar-refractivity contribution in [2.75, 3.05) is 6.61 Å². The first-order valence-electron chi connectivity index (χ1n) is 7.39. The number of carbonyl (C=O) groups is 1. The lowest BCUT2D eigenvalue weighted by molar-refractivity contribution is -0.123. The van der Waals surface area contributed by atoms with Crippen molar-refractivity contribution in [1.82, 2.24) is 5.43 Å². The summed E-state index contributed by atoms with van der Waals surface area (Å²) in [5, 5.41) is 3.93. The van der Waals surface area contributed by atoms with Crippen LogP contribution in [0.4, 0.5) is 0 Å². The molecule has 0 aliphatic heterocycles. The van der Waals surface area contributed by atoms with Gasteiger partial charge in [0.1, 0.15) is 5.75 Å². The van der Waals surface area contributed by atoms with E-state index in [0.717, 1.165) is 16.7 Å². The molecule has 1 amide bonds. The fourth-order valence-electron chi connectivity index (χ4n) is 1.95. The molecule has 2 aromatic rings. The fourth-order valence-corrected chi connectivity index (χ4v) is 1.95. The zero-order chi connectivity index (χ0) is 16.5. The van der Waals surface area contributed by atoms with Gasteiger partial charge in [-0.25, -0.2) is 5.43 Å². The van der Waals surface area contributed by atoms with Crippen LogP contribution in [-0.4, -0.2) is 18.7 Å². The molecule has 0 aromatic heterocycles. The van der Waals surface area contributed by atoms with Gasteiger partial charge in [-0.1, -0.05) is 54.6 Å². The maximum Gasteiger partial charge on any atom is 0.277 e. The normalized spacial score (nSPS) is 11.5. The number of benzene rings is 2. The van der Waals surface area contributed by atoms with E-state index in [1.807, 2.05) is 74.5 Å². The van der Waals surface area contributed by atoms with Crippen molar-refractivity contribution in [2.24, 2.45) is 5.10 Å². The third-order valence-corrected chi connectivity index (χ3v) is 3.10. The van der Waals surface area contributed by atoms with Crippen LogP contribution in [0, 0.1) is 6.92 Å². The first-order valence-corrected chi connectivity index (χ1v) is 7.39. The molecule has 0 heterocycles. The molecule has 118 valence electrons. The van der Waals surface area contributed by atoms with Gasteiger partial charge in [-0.05, 0) is 36.6 Å². The molecule has 23 heavy (non-hydrogen) atoms. The highest BCUT2D eigenvalue weighted by molar-refractivity contribution is 5.86. The van der Waals surface area contributed by atoms with E-state index in [-0.39, 0.29) is 12.5 Å². The number of allylic oxidation sites excluding steroid dienone is 1. The second-order valence-corrected chi connectivity index (χ2v) is 5.15. The Morgan fingerprint density at radius 3 is 2.57 bits per heavy atom. The highest BCUT2D eigenvalue weighted by Crippen LogP contribution is 2.15. The number of amides is 1. The van der Waals surface area contributed by atoms with Crippen LogP contribution in [0.15, 0.2) is 65.3 Å². The van der Waals surface area contributed by atoms with Crippen LogP contribution in [0.25, 0.3) is 6.08 Å². The second-order valence-electron chi connectivity index (χ2n) is 5.15. The SMILES string of the molecule is CC(/C=N\NC(=O)COc1ccccc1C)=C/c1ccccc1. The van der Waals surface area contributed by atoms with Gasteiger partial charge < -0.3 is 4.74 Å². The number of para-hydroxylation sites is 1. The van der Waals surface area contributed by atoms with Crippen LogP contribution in [0.1, 0.15) is 18.1 Å². The second kappa shape index (κ2) is 8.54. The van der Waals surface area contributed by atoms with Gasteiger partial charge >= 0.3 is 0 Å². The molecular formula is C19H20N2O2. The standard InChI is InChI=1S/C19H20N2O2/c1-15(12-17-9-4-3-5-10-17)13-20-21-19(22)14-23-18-11-7-6-8-16(18)2/h3-13H,14H2,1-2H3,(H,21,22)/b15-12-,20-13-. The summed E-state index contributed by atoms with van der Waals surface area (Å²) in [5.74, 6) is 0.406. The van der Waals surface area contributed by atoms with Gasteiger partial charge in [-0.15, -0.1) is 0 Å². The lowest BCUT2D eigenvalue weighted by Gasteiger charge is -2.07. The predicted octanol–water partition coefficient (Wildman–Crippen LogP) is 3.58. The zero-order valence-electron chi connectivity index (χ0n) is 13.3. The average Bonchev–Trinajstić information content (AvgIpc) is 2.55. The van der Waals surface area contributed by atoms with Crippen molar-refractivity contribution in [3.8, 4) is 5.75 Å². The molecule has 0 atom stereocenters. The summed E-state index contributed by atoms with van der Waals surface area (Å²) in [4.78, 5) is 11.7. The van der Waals surface area contributed by atoms with E-state index < -0.39 is 0 Å². The van der Waals surface area contributed by atoms with E-state index in [2.05, 4.69) is 10.5 Å². The van der Waals surface area contributed by atoms with Gasteiger partial charge in [0, 0.05) is 0 Å². The highest BCUT2D eigenvalue weighted by Gasteiger charge is 2.02. The lowest BCUT2D eigenvalue weighted by atomic mass is 10.1. The number of carbonyl (C=O) groups excluding carboxylic acids is 1. The molecule has 2 rings (SSSR count). The van der Waals surface area contributed by atoms with Crippen LogP contribution in [0.5, 0.6) is 5.75 Å². The van der Waals surface area contributed by atoms with Crippen molar-refractivity contribution >= 4 is 18.2 Å². The molecule has 0 bridgehead atoms. The van der Waals surface area contributed by atoms with Gasteiger partial charge in [-0.2, -0.15) is 5.10 Å². The summed E-state index contributed by atoms with van der Waals surface area (Å²) in [6, 6.07) is 17.5. The van der Waals surface area contributed by atoms with E-state index in [9.17, 15) is 4.79 Å². The van der Waals surface area contributed by atoms with Crippen LogP contribution in [0.3, 0.4) is 0 Å². The van der Waals surface area contributed by atoms with Crippen LogP contribution in [-0.2, 0) is 4.79 Å². The molecule has 1 N–H and O–H groups in total. The number of nitrogens with zero attached hydrogens (tertiary/aromatic N) is 1. The topological polar surface area (TPSA) is 50.7 Å². The van der Waals surface area contributed by atoms with Crippen molar-refractivity contribution in [1.29, 1.82) is 0 Å². The first-order chi connectivity index (χ1) is 11.1. The number of nitrogens with one attached hydrogen (secondary N) is 1. The Morgan fingerprint density at radius 2 is 1.83 bits per heavy atom. The molecule has 0 radical (unpaired) electrons. The Morgan fingerprint density at radius 1 is 1.13 bits per heavy atom. The molecule has 2 aromatic carbocycles. The van der Waals surface area contributed by atoms with E-state index >= 15 is 0 Å². The van der Waals surface area contributed by atoms with Crippen molar-refractivity contribution < 1.29 is 9.53 Å². The van der Waals surface area contributed by atoms with Crippen LogP contribution in [0.2, 0.25) is 0 Å². The average molecular weight is 308 g/mol. The van der Waals surface area contributed by atoms with Crippen molar-refractivity contribution in [3.63, 3.8) is 0 Å². The van der Waals surface area contributed by atoms with Gasteiger partial charge in [0.15, 0.2) is 6.61 Å². The van der Waals surface area contributed by atoms with Crippen LogP contribution >= 0.6 is 0 Å². The maximum absolute atomic E-state index is 11.7. The smallest absolute Gasteiger partial charge is 0.277 e. The van der Waals surface area contributed by atoms with Gasteiger partial charge in [0.2, 0.25) is 0 Å². The highest BCUT2D eigenvalue weighted by atomic mass is 16.5. The Balaban J connectivity index is 1.80. The summed E-state index contributed by atoms with van der Waals surface area (Å²) < 4.78 is 5.45. The van der Waals surface area contributed by atoms with E-state index in [0.29, 0.717) is 5.75 Å². The summed E-state index contributed by atoms with van der Waals surface area (Å²) in [6.45, 7) is 3.79. The minimum atomic E-state index is -0.294. The van der Waals surface area contributed by atoms with Gasteiger partial charge in [0.05, 0.1) is 6.21 Å². The molecule has 0 aliphatic rings. The van der Waals surface area contributed by atoms with Gasteiger partial charge in [0.25, 0.3) is 5.91 Å². The molecule has 4 nitrogen and oxygen atoms in total. The number of ether oxygens (including phenoxy) is 1. The quantitative estimate of drug-likeness (QED) is 0.655. The molecule has 0 unspecified atom stereocenters. The third-order valence-electron chi connectivity index (χ3n) is 3.10. The van der Waals surface area contributed by atoms with E-state index in [1.165, 1.54) is 0 Å². The fraction of sp³-hybridized carbons (Fsp3) is 0.158. The van der Waals surface area contributed by atoms with Gasteiger partial charge in [-0.3, -0.25) is 4.79 Å². The minimum absolute atomic E-state index is 0.0658. The number of aryl methyl sites for hydroxylation is 1. The Labute approximate surface area is 136 Å². The summed E-state index contributed by atoms with van der Waals surface area (Å²) >= 11 is 0. The molecular weight excluding hydrogens is 288 g/mol. The molecule has 0 saturated heterocycles. The number of hydrogen-bond acceptors (Lipinski definition) is 3. The first kappa shape index (κ1) is 16.5.